The minimum Gasteiger partial charge on any atom is -0.465 e. The second kappa shape index (κ2) is 12.9. The van der Waals surface area contributed by atoms with Crippen LogP contribution in [0.4, 0.5) is 13.2 Å². The molecular formula is C27H28F3N3O8. The Morgan fingerprint density at radius 3 is 2.46 bits per heavy atom. The number of nitrogens with zero attached hydrogens (tertiary/aromatic N) is 3. The molecule has 1 fully saturated rings. The van der Waals surface area contributed by atoms with Gasteiger partial charge in [0.2, 0.25) is 0 Å². The number of carbonyl (C=O) groups excluding carboxylic acids is 2. The molecule has 1 aliphatic rings. The third-order valence-corrected chi connectivity index (χ3v) is 6.77. The summed E-state index contributed by atoms with van der Waals surface area (Å²) in [5, 5.41) is 39.8. The van der Waals surface area contributed by atoms with E-state index >= 15 is 0 Å². The molecule has 0 bridgehead atoms. The average molecular weight is 580 g/mol. The van der Waals surface area contributed by atoms with Crippen molar-refractivity contribution in [3.8, 4) is 11.3 Å². The fourth-order valence-corrected chi connectivity index (χ4v) is 4.62. The molecule has 0 spiro atoms. The molecule has 220 valence electrons. The van der Waals surface area contributed by atoms with Crippen LogP contribution >= 0.6 is 0 Å². The van der Waals surface area contributed by atoms with Gasteiger partial charge in [0.25, 0.3) is 0 Å². The molecule has 0 aliphatic carbocycles. The molecule has 0 radical (unpaired) electrons. The summed E-state index contributed by atoms with van der Waals surface area (Å²) in [4.78, 5) is 24.8. The summed E-state index contributed by atoms with van der Waals surface area (Å²) < 4.78 is 58.3. The fourth-order valence-electron chi connectivity index (χ4n) is 4.62. The van der Waals surface area contributed by atoms with Crippen molar-refractivity contribution >= 4 is 11.8 Å². The zero-order chi connectivity index (χ0) is 29.8. The number of Topliss-reactive ketones (excluding diaryl/α,β-unsaturated/α-hetero) is 1. The predicted octanol–water partition coefficient (Wildman–Crippen LogP) is 1.74. The first-order valence-electron chi connectivity index (χ1n) is 12.6. The van der Waals surface area contributed by atoms with Crippen LogP contribution in [0, 0.1) is 17.5 Å². The molecule has 3 N–H and O–H groups in total. The maximum Gasteiger partial charge on any atom is 0.337 e. The molecule has 11 nitrogen and oxygen atoms in total. The average Bonchev–Trinajstić information content (AvgIpc) is 3.46. The van der Waals surface area contributed by atoms with Gasteiger partial charge < -0.3 is 29.5 Å². The van der Waals surface area contributed by atoms with E-state index in [1.54, 1.807) is 19.1 Å². The smallest absolute Gasteiger partial charge is 0.337 e. The summed E-state index contributed by atoms with van der Waals surface area (Å²) >= 11 is 0. The van der Waals surface area contributed by atoms with E-state index in [9.17, 15) is 38.1 Å². The predicted molar refractivity (Wildman–Crippen MR) is 134 cm³/mol. The lowest BCUT2D eigenvalue weighted by Crippen LogP contribution is -2.60. The van der Waals surface area contributed by atoms with Gasteiger partial charge in [-0.1, -0.05) is 24.3 Å². The van der Waals surface area contributed by atoms with Crippen LogP contribution in [0.1, 0.15) is 35.3 Å². The van der Waals surface area contributed by atoms with Crippen molar-refractivity contribution in [2.75, 3.05) is 13.7 Å². The van der Waals surface area contributed by atoms with E-state index in [-0.39, 0.29) is 29.8 Å². The van der Waals surface area contributed by atoms with E-state index in [1.165, 1.54) is 19.2 Å². The van der Waals surface area contributed by atoms with Crippen molar-refractivity contribution in [1.29, 1.82) is 0 Å². The van der Waals surface area contributed by atoms with E-state index in [1.807, 2.05) is 0 Å². The normalized spacial score (nSPS) is 23.3. The summed E-state index contributed by atoms with van der Waals surface area (Å²) in [6.07, 6.45) is -6.11. The highest BCUT2D eigenvalue weighted by Crippen LogP contribution is 2.34. The van der Waals surface area contributed by atoms with Crippen LogP contribution in [0.25, 0.3) is 11.3 Å². The van der Waals surface area contributed by atoms with Gasteiger partial charge in [-0.2, -0.15) is 0 Å². The lowest BCUT2D eigenvalue weighted by molar-refractivity contribution is -0.234. The summed E-state index contributed by atoms with van der Waals surface area (Å²) in [5.41, 5.74) is 0.513. The zero-order valence-corrected chi connectivity index (χ0v) is 22.0. The number of ether oxygens (including phenoxy) is 3. The molecule has 1 saturated heterocycles. The monoisotopic (exact) mass is 579 g/mol. The quantitative estimate of drug-likeness (QED) is 0.239. The van der Waals surface area contributed by atoms with E-state index in [2.05, 4.69) is 10.3 Å². The van der Waals surface area contributed by atoms with Crippen LogP contribution in [0.2, 0.25) is 0 Å². The number of ketones is 1. The number of rotatable bonds is 10. The highest BCUT2D eigenvalue weighted by molar-refractivity contribution is 5.89. The molecule has 2 unspecified atom stereocenters. The zero-order valence-electron chi connectivity index (χ0n) is 22.0. The molecule has 1 aliphatic heterocycles. The van der Waals surface area contributed by atoms with Gasteiger partial charge in [0.1, 0.15) is 42.3 Å². The molecule has 41 heavy (non-hydrogen) atoms. The molecule has 14 heteroatoms. The van der Waals surface area contributed by atoms with Crippen molar-refractivity contribution in [2.45, 2.75) is 56.5 Å². The van der Waals surface area contributed by atoms with Gasteiger partial charge in [-0.15, -0.1) is 5.10 Å². The van der Waals surface area contributed by atoms with E-state index < -0.39 is 72.4 Å². The minimum absolute atomic E-state index is 0.00831. The molecule has 0 amide bonds. The Morgan fingerprint density at radius 1 is 1.12 bits per heavy atom. The van der Waals surface area contributed by atoms with Gasteiger partial charge in [-0.3, -0.25) is 4.79 Å². The minimum atomic E-state index is -1.66. The first-order chi connectivity index (χ1) is 19.6. The number of esters is 1. The third-order valence-electron chi connectivity index (χ3n) is 6.77. The summed E-state index contributed by atoms with van der Waals surface area (Å²) in [7, 11) is 1.24. The Balaban J connectivity index is 1.62. The van der Waals surface area contributed by atoms with Crippen molar-refractivity contribution < 1.29 is 52.3 Å². The number of hydrogen-bond donors (Lipinski definition) is 3. The Labute approximate surface area is 232 Å². The standard InChI is InChI=1S/C27H28F3N3O8/c1-3-19(35)25(40-12-13-5-4-6-14(7-13)27(38)39-2)26-24(37)22(23(36)20(11-34)41-26)33-10-18(31-32-33)15-8-16(28)21(30)17(29)9-15/h4-10,20,22-26,34,36-37H,3,11-12H2,1-2H3/t20?,22-,23-,24?,25+,26+/m0/s1. The van der Waals surface area contributed by atoms with E-state index in [0.29, 0.717) is 17.7 Å². The molecule has 6 atom stereocenters. The van der Waals surface area contributed by atoms with Gasteiger partial charge in [-0.05, 0) is 29.8 Å². The molecule has 3 aromatic rings. The van der Waals surface area contributed by atoms with Crippen LogP contribution in [-0.2, 0) is 25.6 Å². The van der Waals surface area contributed by atoms with Crippen molar-refractivity contribution in [3.63, 3.8) is 0 Å². The number of halogens is 3. The molecule has 1 aromatic heterocycles. The SMILES string of the molecule is CCC(=O)[C@@H](OCc1cccc(C(=O)OC)c1)[C@@H]1OC(CO)[C@H](O)[C@H](n2cc(-c3cc(F)c(F)c(F)c3)nn2)C1O. The van der Waals surface area contributed by atoms with Gasteiger partial charge in [0, 0.05) is 12.0 Å². The maximum atomic E-state index is 13.8. The highest BCUT2D eigenvalue weighted by atomic mass is 19.2. The van der Waals surface area contributed by atoms with Crippen LogP contribution in [0.15, 0.2) is 42.6 Å². The highest BCUT2D eigenvalue weighted by Gasteiger charge is 2.50. The lowest BCUT2D eigenvalue weighted by Gasteiger charge is -2.44. The molecule has 2 aromatic carbocycles. The van der Waals surface area contributed by atoms with Crippen LogP contribution < -0.4 is 0 Å². The van der Waals surface area contributed by atoms with Crippen LogP contribution in [0.5, 0.6) is 0 Å². The number of aromatic nitrogens is 3. The number of aliphatic hydroxyl groups excluding tert-OH is 3. The van der Waals surface area contributed by atoms with Crippen molar-refractivity contribution in [1.82, 2.24) is 15.0 Å². The second-order valence-electron chi connectivity index (χ2n) is 9.37. The number of aliphatic hydroxyl groups is 3. The Morgan fingerprint density at radius 2 is 1.83 bits per heavy atom. The number of benzene rings is 2. The van der Waals surface area contributed by atoms with E-state index in [0.717, 1.165) is 10.9 Å². The van der Waals surface area contributed by atoms with Gasteiger partial charge >= 0.3 is 5.97 Å². The Bertz CT molecular complexity index is 1380. The van der Waals surface area contributed by atoms with Crippen LogP contribution in [-0.4, -0.2) is 86.3 Å². The maximum absolute atomic E-state index is 13.8. The first-order valence-corrected chi connectivity index (χ1v) is 12.6. The number of carbonyl (C=O) groups is 2. The summed E-state index contributed by atoms with van der Waals surface area (Å²) in [6, 6.07) is 6.38. The Kier molecular flexibility index (Phi) is 9.50. The lowest BCUT2D eigenvalue weighted by atomic mass is 9.88. The van der Waals surface area contributed by atoms with Gasteiger partial charge in [0.05, 0.1) is 32.1 Å². The Hall–Kier alpha value is -3.69. The third kappa shape index (κ3) is 6.31. The largest absolute Gasteiger partial charge is 0.465 e. The van der Waals surface area contributed by atoms with Gasteiger partial charge in [-0.25, -0.2) is 22.6 Å². The molecule has 2 heterocycles. The molecule has 0 saturated carbocycles. The van der Waals surface area contributed by atoms with Crippen molar-refractivity contribution in [3.05, 3.63) is 71.2 Å². The van der Waals surface area contributed by atoms with E-state index in [4.69, 9.17) is 14.2 Å². The summed E-state index contributed by atoms with van der Waals surface area (Å²) in [5.74, 6) is -5.58. The fraction of sp³-hybridized carbons (Fsp3) is 0.407. The number of methoxy groups -OCH3 is 1. The molecule has 4 rings (SSSR count). The van der Waals surface area contributed by atoms with Crippen molar-refractivity contribution in [2.24, 2.45) is 0 Å². The van der Waals surface area contributed by atoms with Crippen LogP contribution in [0.3, 0.4) is 0 Å². The first kappa shape index (κ1) is 30.3. The second-order valence-corrected chi connectivity index (χ2v) is 9.37. The summed E-state index contributed by atoms with van der Waals surface area (Å²) in [6.45, 7) is 0.706. The topological polar surface area (TPSA) is 153 Å². The molecular weight excluding hydrogens is 551 g/mol. The van der Waals surface area contributed by atoms with Gasteiger partial charge in [0.15, 0.2) is 23.2 Å². The number of hydrogen-bond acceptors (Lipinski definition) is 10.